The molecule has 2 aromatic rings. The molecule has 124 valence electrons. The van der Waals surface area contributed by atoms with E-state index in [1.54, 1.807) is 0 Å². The predicted octanol–water partition coefficient (Wildman–Crippen LogP) is 5.29. The zero-order chi connectivity index (χ0) is 17.9. The number of aliphatic hydroxyl groups is 2. The molecule has 0 bridgehead atoms. The molecule has 0 saturated carbocycles. The molecule has 2 atom stereocenters. The van der Waals surface area contributed by atoms with Crippen LogP contribution in [0, 0.1) is 38.2 Å². The van der Waals surface area contributed by atoms with E-state index in [1.165, 1.54) is 22.7 Å². The van der Waals surface area contributed by atoms with Crippen LogP contribution in [0.1, 0.15) is 32.0 Å². The maximum Gasteiger partial charge on any atom is 0.189 e. The summed E-state index contributed by atoms with van der Waals surface area (Å²) in [7, 11) is 0. The minimum Gasteiger partial charge on any atom is -0.369 e. The Balaban J connectivity index is 2.56. The first-order valence-electron chi connectivity index (χ1n) is 6.52. The number of thiophene rings is 2. The van der Waals surface area contributed by atoms with Crippen LogP contribution < -0.4 is 0 Å². The summed E-state index contributed by atoms with van der Waals surface area (Å²) >= 11 is 14.8. The number of halogens is 4. The van der Waals surface area contributed by atoms with Gasteiger partial charge in [0, 0.05) is 43.0 Å². The van der Waals surface area contributed by atoms with Crippen molar-refractivity contribution in [3.05, 3.63) is 38.7 Å². The van der Waals surface area contributed by atoms with Gasteiger partial charge >= 0.3 is 0 Å². The Morgan fingerprint density at radius 2 is 1.38 bits per heavy atom. The van der Waals surface area contributed by atoms with E-state index in [0.717, 1.165) is 17.8 Å². The van der Waals surface area contributed by atoms with Crippen LogP contribution in [0.25, 0.3) is 0 Å². The van der Waals surface area contributed by atoms with Crippen molar-refractivity contribution < 1.29 is 10.2 Å². The first-order chi connectivity index (χ1) is 11.2. The highest BCUT2D eigenvalue weighted by atomic mass is 127. The topological polar surface area (TPSA) is 40.5 Å². The Morgan fingerprint density at radius 1 is 0.917 bits per heavy atom. The average molecular weight is 663 g/mol. The van der Waals surface area contributed by atoms with Gasteiger partial charge in [0.1, 0.15) is 0 Å². The van der Waals surface area contributed by atoms with Gasteiger partial charge in [0.05, 0.1) is 16.4 Å². The normalized spacial score (nSPS) is 24.3. The molecular weight excluding hydrogens is 655 g/mol. The number of fused-ring (bicyclic) bond motifs is 2. The van der Waals surface area contributed by atoms with Crippen LogP contribution in [0.5, 0.6) is 0 Å². The van der Waals surface area contributed by atoms with E-state index in [2.05, 4.69) is 91.9 Å². The van der Waals surface area contributed by atoms with Crippen molar-refractivity contribution in [2.24, 2.45) is 0 Å². The number of hydrogen-bond donors (Lipinski definition) is 2. The second kappa shape index (κ2) is 6.65. The summed E-state index contributed by atoms with van der Waals surface area (Å²) in [5.41, 5.74) is 0.0296. The van der Waals surface area contributed by atoms with Gasteiger partial charge in [-0.15, -0.1) is 22.7 Å². The van der Waals surface area contributed by atoms with Crippen molar-refractivity contribution in [2.75, 3.05) is 0 Å². The maximum absolute atomic E-state index is 11.5. The monoisotopic (exact) mass is 660 g/mol. The lowest BCUT2D eigenvalue weighted by atomic mass is 9.74. The van der Waals surface area contributed by atoms with Crippen molar-refractivity contribution in [3.63, 3.8) is 0 Å². The molecule has 0 radical (unpaired) electrons. The minimum atomic E-state index is -1.49. The molecule has 3 rings (SSSR count). The van der Waals surface area contributed by atoms with Gasteiger partial charge in [-0.1, -0.05) is 0 Å². The van der Waals surface area contributed by atoms with Crippen LogP contribution in [0.4, 0.5) is 0 Å². The summed E-state index contributed by atoms with van der Waals surface area (Å²) < 4.78 is 1.84. The van der Waals surface area contributed by atoms with Crippen LogP contribution in [-0.4, -0.2) is 10.2 Å². The van der Waals surface area contributed by atoms with Crippen molar-refractivity contribution in [1.82, 2.24) is 0 Å². The van der Waals surface area contributed by atoms with Crippen molar-refractivity contribution >= 4 is 93.1 Å². The summed E-state index contributed by atoms with van der Waals surface area (Å²) in [5.74, 6) is 5.78. The molecule has 24 heavy (non-hydrogen) atoms. The highest BCUT2D eigenvalue weighted by Crippen LogP contribution is 2.57. The Hall–Kier alpha value is 0.610. The molecule has 0 fully saturated rings. The molecule has 2 nitrogen and oxygen atoms in total. The lowest BCUT2D eigenvalue weighted by molar-refractivity contribution is 0.101. The molecule has 2 aromatic heterocycles. The summed E-state index contributed by atoms with van der Waals surface area (Å²) in [6.07, 6.45) is 0. The lowest BCUT2D eigenvalue weighted by Crippen LogP contribution is -2.40. The van der Waals surface area contributed by atoms with Crippen molar-refractivity contribution in [1.29, 1.82) is 0 Å². The van der Waals surface area contributed by atoms with Gasteiger partial charge in [0.25, 0.3) is 0 Å². The highest BCUT2D eigenvalue weighted by molar-refractivity contribution is 14.1. The second-order valence-corrected chi connectivity index (χ2v) is 11.2. The van der Waals surface area contributed by atoms with Crippen molar-refractivity contribution in [2.45, 2.75) is 25.0 Å². The molecule has 8 heteroatoms. The second-order valence-electron chi connectivity index (χ2n) is 5.27. The Bertz CT molecular complexity index is 909. The Labute approximate surface area is 186 Å². The summed E-state index contributed by atoms with van der Waals surface area (Å²) in [6, 6.07) is 0. The van der Waals surface area contributed by atoms with Gasteiger partial charge in [-0.05, 0) is 85.0 Å². The minimum absolute atomic E-state index is 0.598. The molecule has 2 N–H and O–H groups in total. The summed E-state index contributed by atoms with van der Waals surface area (Å²) in [5, 5.41) is 23.1. The molecule has 2 unspecified atom stereocenters. The van der Waals surface area contributed by atoms with E-state index in [4.69, 9.17) is 0 Å². The van der Waals surface area contributed by atoms with Gasteiger partial charge in [0.15, 0.2) is 11.2 Å². The van der Waals surface area contributed by atoms with Gasteiger partial charge in [-0.3, -0.25) is 0 Å². The van der Waals surface area contributed by atoms with Gasteiger partial charge in [-0.25, -0.2) is 0 Å². The molecule has 0 aromatic carbocycles. The first-order valence-corrected chi connectivity index (χ1v) is 11.6. The first kappa shape index (κ1) is 19.4. The summed E-state index contributed by atoms with van der Waals surface area (Å²) in [6.45, 7) is 3.83. The Kier molecular flexibility index (Phi) is 5.37. The van der Waals surface area contributed by atoms with Crippen LogP contribution in [0.2, 0.25) is 0 Å². The molecule has 0 saturated heterocycles. The van der Waals surface area contributed by atoms with Crippen LogP contribution in [-0.2, 0) is 11.2 Å². The molecule has 0 amide bonds. The van der Waals surface area contributed by atoms with Gasteiger partial charge in [0.2, 0.25) is 0 Å². The SMILES string of the molecule is Cc1c(Br)sc2c1C(O)(C#CBr)c1sc(I)c(C)c1C2(O)C#CBr. The average Bonchev–Trinajstić information content (AvgIpc) is 2.98. The smallest absolute Gasteiger partial charge is 0.189 e. The van der Waals surface area contributed by atoms with E-state index in [9.17, 15) is 10.2 Å². The third-order valence-corrected chi connectivity index (χ3v) is 9.34. The molecule has 1 aliphatic rings. The number of rotatable bonds is 0. The molecule has 2 heterocycles. The standard InChI is InChI=1S/C16H8Br3IO2S2/c1-7-9-11(23-13(7)19)16(22,4-6-18)10-8(2)14(20)24-12(10)15(9,21)3-5-17/h21-22H,1-2H3. The number of hydrogen-bond acceptors (Lipinski definition) is 4. The fourth-order valence-corrected chi connectivity index (χ4v) is 7.42. The Morgan fingerprint density at radius 3 is 1.88 bits per heavy atom. The van der Waals surface area contributed by atoms with Crippen molar-refractivity contribution in [3.8, 4) is 21.5 Å². The zero-order valence-electron chi connectivity index (χ0n) is 12.2. The summed E-state index contributed by atoms with van der Waals surface area (Å²) in [4.78, 5) is 6.55. The molecule has 0 aliphatic heterocycles. The third kappa shape index (κ3) is 2.53. The van der Waals surface area contributed by atoms with E-state index >= 15 is 0 Å². The zero-order valence-corrected chi connectivity index (χ0v) is 20.8. The fourth-order valence-electron chi connectivity index (χ4n) is 2.95. The lowest BCUT2D eigenvalue weighted by Gasteiger charge is -2.36. The van der Waals surface area contributed by atoms with E-state index in [0.29, 0.717) is 20.9 Å². The van der Waals surface area contributed by atoms with Gasteiger partial charge < -0.3 is 10.2 Å². The maximum atomic E-state index is 11.5. The van der Waals surface area contributed by atoms with Crippen LogP contribution in [0.3, 0.4) is 0 Å². The van der Waals surface area contributed by atoms with E-state index in [-0.39, 0.29) is 0 Å². The quantitative estimate of drug-likeness (QED) is 0.298. The van der Waals surface area contributed by atoms with E-state index < -0.39 is 11.2 Å². The molecular formula is C16H8Br3IO2S2. The highest BCUT2D eigenvalue weighted by Gasteiger charge is 2.53. The molecule has 0 spiro atoms. The third-order valence-electron chi connectivity index (χ3n) is 4.01. The van der Waals surface area contributed by atoms with Crippen LogP contribution in [0.15, 0.2) is 3.79 Å². The predicted molar refractivity (Wildman–Crippen MR) is 118 cm³/mol. The molecule has 1 aliphatic carbocycles. The van der Waals surface area contributed by atoms with Crippen LogP contribution >= 0.6 is 93.1 Å². The largest absolute Gasteiger partial charge is 0.369 e. The fraction of sp³-hybridized carbons (Fsp3) is 0.250. The van der Waals surface area contributed by atoms with Gasteiger partial charge in [-0.2, -0.15) is 0 Å². The van der Waals surface area contributed by atoms with E-state index in [1.807, 2.05) is 13.8 Å².